The molecule has 2 aromatic rings. The fourth-order valence-corrected chi connectivity index (χ4v) is 2.85. The number of rotatable bonds is 2. The summed E-state index contributed by atoms with van der Waals surface area (Å²) in [4.78, 5) is 0. The first-order valence-corrected chi connectivity index (χ1v) is 8.55. The Balaban J connectivity index is 2.39. The van der Waals surface area contributed by atoms with Crippen molar-refractivity contribution in [1.82, 2.24) is 0 Å². The van der Waals surface area contributed by atoms with E-state index >= 15 is 0 Å². The molecule has 3 heteroatoms. The Morgan fingerprint density at radius 1 is 0.875 bits per heavy atom. The predicted octanol–water partition coefficient (Wildman–Crippen LogP) is 3.83. The Kier molecular flexibility index (Phi) is 3.69. The fraction of sp³-hybridized carbons (Fsp3) is 0.0769. The first kappa shape index (κ1) is 11.7. The molecule has 1 radical (unpaired) electrons. The minimum Gasteiger partial charge on any atom is -0.140 e. The monoisotopic (exact) mass is 265 g/mol. The third kappa shape index (κ3) is 2.49. The van der Waals surface area contributed by atoms with Crippen LogP contribution >= 0.6 is 22.2 Å². The predicted molar refractivity (Wildman–Crippen MR) is 73.7 cm³/mol. The summed E-state index contributed by atoms with van der Waals surface area (Å²) in [5, 5.41) is 1.03. The zero-order valence-corrected chi connectivity index (χ0v) is 11.4. The van der Waals surface area contributed by atoms with Gasteiger partial charge < -0.3 is 0 Å². The Morgan fingerprint density at radius 3 is 2.06 bits per heavy atom. The number of hydrogen-bond acceptors (Lipinski definition) is 0. The number of benzene rings is 2. The smallest absolute Gasteiger partial charge is 0.140 e. The molecule has 0 aliphatic rings. The molecule has 0 heterocycles. The van der Waals surface area contributed by atoms with Crippen molar-refractivity contribution in [1.29, 1.82) is 0 Å². The van der Waals surface area contributed by atoms with E-state index in [1.165, 1.54) is 16.7 Å². The number of halogens is 2. The molecular formula is C13H11Cl2Si. The lowest BCUT2D eigenvalue weighted by molar-refractivity contribution is 1.46. The minimum absolute atomic E-state index is 1.03. The van der Waals surface area contributed by atoms with Crippen LogP contribution in [-0.2, 0) is 0 Å². The van der Waals surface area contributed by atoms with Gasteiger partial charge in [-0.1, -0.05) is 48.5 Å². The summed E-state index contributed by atoms with van der Waals surface area (Å²) in [6.45, 7) is 2.11. The van der Waals surface area contributed by atoms with E-state index in [1.807, 2.05) is 18.2 Å². The second kappa shape index (κ2) is 5.04. The molecule has 16 heavy (non-hydrogen) atoms. The molecule has 0 bridgehead atoms. The molecule has 0 saturated carbocycles. The van der Waals surface area contributed by atoms with Gasteiger partial charge in [-0.15, -0.1) is 22.2 Å². The lowest BCUT2D eigenvalue weighted by Gasteiger charge is -2.06. The van der Waals surface area contributed by atoms with Gasteiger partial charge in [0.15, 0.2) is 0 Å². The van der Waals surface area contributed by atoms with Crippen LogP contribution in [0.3, 0.4) is 0 Å². The zero-order valence-electron chi connectivity index (χ0n) is 8.87. The molecule has 0 amide bonds. The van der Waals surface area contributed by atoms with Crippen molar-refractivity contribution in [3.8, 4) is 11.1 Å². The van der Waals surface area contributed by atoms with Crippen molar-refractivity contribution in [2.24, 2.45) is 0 Å². The van der Waals surface area contributed by atoms with Crippen LogP contribution in [0.15, 0.2) is 48.5 Å². The summed E-state index contributed by atoms with van der Waals surface area (Å²) in [5.74, 6) is 0. The first-order chi connectivity index (χ1) is 7.68. The Hall–Kier alpha value is -0.763. The van der Waals surface area contributed by atoms with Crippen molar-refractivity contribution < 1.29 is 0 Å². The summed E-state index contributed by atoms with van der Waals surface area (Å²) in [5.41, 5.74) is 3.74. The highest BCUT2D eigenvalue weighted by Gasteiger charge is 2.07. The quantitative estimate of drug-likeness (QED) is 0.572. The Morgan fingerprint density at radius 2 is 1.50 bits per heavy atom. The van der Waals surface area contributed by atoms with E-state index < -0.39 is 7.42 Å². The molecular weight excluding hydrogens is 255 g/mol. The van der Waals surface area contributed by atoms with Gasteiger partial charge in [0, 0.05) is 0 Å². The van der Waals surface area contributed by atoms with E-state index in [2.05, 4.69) is 37.3 Å². The van der Waals surface area contributed by atoms with Crippen LogP contribution in [0.4, 0.5) is 0 Å². The van der Waals surface area contributed by atoms with Crippen LogP contribution in [0.5, 0.6) is 0 Å². The molecule has 0 fully saturated rings. The van der Waals surface area contributed by atoms with Crippen LogP contribution in [0.2, 0.25) is 0 Å². The third-order valence-electron chi connectivity index (χ3n) is 2.56. The van der Waals surface area contributed by atoms with Crippen molar-refractivity contribution in [2.75, 3.05) is 0 Å². The van der Waals surface area contributed by atoms with Gasteiger partial charge in [-0.3, -0.25) is 0 Å². The molecule has 0 unspecified atom stereocenters. The molecule has 2 aromatic carbocycles. The van der Waals surface area contributed by atoms with Gasteiger partial charge in [-0.05, 0) is 28.8 Å². The van der Waals surface area contributed by atoms with Crippen LogP contribution < -0.4 is 5.19 Å². The average Bonchev–Trinajstić information content (AvgIpc) is 2.30. The molecule has 0 aliphatic carbocycles. The standard InChI is InChI=1S/C13H11Cl2Si/c1-10-4-2-3-5-13(10)11-6-8-12(9-7-11)16(14)15/h2-9H,1H3. The molecule has 0 atom stereocenters. The number of aryl methyl sites for hydroxylation is 1. The number of hydrogen-bond donors (Lipinski definition) is 0. The van der Waals surface area contributed by atoms with Crippen LogP contribution in [0.25, 0.3) is 11.1 Å². The van der Waals surface area contributed by atoms with Gasteiger partial charge in [0.2, 0.25) is 0 Å². The second-order valence-electron chi connectivity index (χ2n) is 3.65. The molecule has 0 nitrogen and oxygen atoms in total. The van der Waals surface area contributed by atoms with Crippen molar-refractivity contribution >= 4 is 34.8 Å². The van der Waals surface area contributed by atoms with Crippen LogP contribution in [-0.4, -0.2) is 7.42 Å². The SMILES string of the molecule is Cc1ccccc1-c1ccc([Si](Cl)Cl)cc1. The van der Waals surface area contributed by atoms with E-state index in [0.717, 1.165) is 5.19 Å². The van der Waals surface area contributed by atoms with Gasteiger partial charge in [0.1, 0.15) is 0 Å². The topological polar surface area (TPSA) is 0 Å². The maximum atomic E-state index is 5.90. The highest BCUT2D eigenvalue weighted by atomic mass is 35.7. The minimum atomic E-state index is -1.38. The van der Waals surface area contributed by atoms with E-state index in [0.29, 0.717) is 0 Å². The lowest BCUT2D eigenvalue weighted by atomic mass is 10.0. The van der Waals surface area contributed by atoms with Crippen molar-refractivity contribution in [2.45, 2.75) is 6.92 Å². The third-order valence-corrected chi connectivity index (χ3v) is 4.64. The maximum absolute atomic E-state index is 5.90. The maximum Gasteiger partial charge on any atom is 0.307 e. The van der Waals surface area contributed by atoms with Gasteiger partial charge >= 0.3 is 7.42 Å². The fourth-order valence-electron chi connectivity index (χ4n) is 1.67. The molecule has 0 aromatic heterocycles. The lowest BCUT2D eigenvalue weighted by Crippen LogP contribution is -2.16. The zero-order chi connectivity index (χ0) is 11.5. The highest BCUT2D eigenvalue weighted by Crippen LogP contribution is 2.22. The van der Waals surface area contributed by atoms with Crippen LogP contribution in [0.1, 0.15) is 5.56 Å². The average molecular weight is 266 g/mol. The molecule has 0 aliphatic heterocycles. The summed E-state index contributed by atoms with van der Waals surface area (Å²) >= 11 is 11.8. The molecule has 0 spiro atoms. The summed E-state index contributed by atoms with van der Waals surface area (Å²) < 4.78 is 0. The second-order valence-corrected chi connectivity index (χ2v) is 7.60. The van der Waals surface area contributed by atoms with E-state index in [-0.39, 0.29) is 0 Å². The van der Waals surface area contributed by atoms with Gasteiger partial charge in [-0.25, -0.2) is 0 Å². The van der Waals surface area contributed by atoms with Crippen molar-refractivity contribution in [3.63, 3.8) is 0 Å². The Labute approximate surface area is 107 Å². The van der Waals surface area contributed by atoms with Gasteiger partial charge in [-0.2, -0.15) is 0 Å². The van der Waals surface area contributed by atoms with E-state index in [4.69, 9.17) is 22.2 Å². The normalized spacial score (nSPS) is 10.8. The highest BCUT2D eigenvalue weighted by molar-refractivity contribution is 7.39. The summed E-state index contributed by atoms with van der Waals surface area (Å²) in [6, 6.07) is 16.5. The molecule has 2 rings (SSSR count). The van der Waals surface area contributed by atoms with Crippen LogP contribution in [0, 0.1) is 6.92 Å². The van der Waals surface area contributed by atoms with Gasteiger partial charge in [0.05, 0.1) is 0 Å². The van der Waals surface area contributed by atoms with Crippen molar-refractivity contribution in [3.05, 3.63) is 54.1 Å². The summed E-state index contributed by atoms with van der Waals surface area (Å²) in [6.07, 6.45) is 0. The van der Waals surface area contributed by atoms with E-state index in [9.17, 15) is 0 Å². The largest absolute Gasteiger partial charge is 0.307 e. The molecule has 81 valence electrons. The summed E-state index contributed by atoms with van der Waals surface area (Å²) in [7, 11) is -1.38. The van der Waals surface area contributed by atoms with Gasteiger partial charge in [0.25, 0.3) is 0 Å². The first-order valence-electron chi connectivity index (χ1n) is 5.03. The Bertz CT molecular complexity index is 478. The molecule has 0 N–H and O–H groups in total. The van der Waals surface area contributed by atoms with E-state index in [1.54, 1.807) is 0 Å². The molecule has 0 saturated heterocycles.